The van der Waals surface area contributed by atoms with E-state index in [1.165, 1.54) is 5.56 Å². The van der Waals surface area contributed by atoms with Gasteiger partial charge in [-0.2, -0.15) is 0 Å². The minimum absolute atomic E-state index is 0.462. The van der Waals surface area contributed by atoms with Crippen LogP contribution in [0.2, 0.25) is 0 Å². The van der Waals surface area contributed by atoms with Crippen LogP contribution in [0.25, 0.3) is 0 Å². The third kappa shape index (κ3) is 3.85. The third-order valence-electron chi connectivity index (χ3n) is 3.95. The van der Waals surface area contributed by atoms with E-state index in [2.05, 4.69) is 28.9 Å². The lowest BCUT2D eigenvalue weighted by molar-refractivity contribution is 0.106. The Labute approximate surface area is 121 Å². The van der Waals surface area contributed by atoms with E-state index in [0.29, 0.717) is 6.04 Å². The lowest BCUT2D eigenvalue weighted by Crippen LogP contribution is -2.47. The Kier molecular flexibility index (Phi) is 5.49. The molecular formula is C15H23ClN2O. The van der Waals surface area contributed by atoms with E-state index in [4.69, 9.17) is 16.3 Å². The summed E-state index contributed by atoms with van der Waals surface area (Å²) in [7, 11) is 1.70. The van der Waals surface area contributed by atoms with Gasteiger partial charge in [0, 0.05) is 44.6 Å². The largest absolute Gasteiger partial charge is 0.497 e. The van der Waals surface area contributed by atoms with E-state index in [0.717, 1.165) is 44.4 Å². The van der Waals surface area contributed by atoms with Gasteiger partial charge in [0.25, 0.3) is 0 Å². The van der Waals surface area contributed by atoms with Crippen molar-refractivity contribution < 1.29 is 4.74 Å². The maximum atomic E-state index is 5.79. The fourth-order valence-electron chi connectivity index (χ4n) is 2.59. The van der Waals surface area contributed by atoms with Gasteiger partial charge in [-0.1, -0.05) is 12.1 Å². The summed E-state index contributed by atoms with van der Waals surface area (Å²) in [6.07, 6.45) is 0. The molecule has 3 nitrogen and oxygen atoms in total. The lowest BCUT2D eigenvalue weighted by atomic mass is 10.1. The molecule has 0 radical (unpaired) electrons. The normalized spacial score (nSPS) is 19.3. The van der Waals surface area contributed by atoms with Crippen LogP contribution in [-0.4, -0.2) is 55.5 Å². The van der Waals surface area contributed by atoms with Crippen LogP contribution in [0, 0.1) is 0 Å². The Bertz CT molecular complexity index is 374. The second kappa shape index (κ2) is 7.13. The first-order chi connectivity index (χ1) is 9.24. The van der Waals surface area contributed by atoms with Crippen LogP contribution in [0.3, 0.4) is 0 Å². The van der Waals surface area contributed by atoms with Gasteiger partial charge < -0.3 is 4.74 Å². The van der Waals surface area contributed by atoms with Crippen LogP contribution in [0.1, 0.15) is 18.5 Å². The quantitative estimate of drug-likeness (QED) is 0.772. The highest BCUT2D eigenvalue weighted by molar-refractivity contribution is 6.18. The number of nitrogens with zero attached hydrogens (tertiary/aromatic N) is 2. The van der Waals surface area contributed by atoms with Crippen molar-refractivity contribution in [2.75, 3.05) is 45.7 Å². The van der Waals surface area contributed by atoms with E-state index in [1.54, 1.807) is 7.11 Å². The molecule has 106 valence electrons. The fourth-order valence-corrected chi connectivity index (χ4v) is 2.83. The van der Waals surface area contributed by atoms with Crippen molar-refractivity contribution in [2.24, 2.45) is 0 Å². The molecule has 0 bridgehead atoms. The minimum atomic E-state index is 0.462. The van der Waals surface area contributed by atoms with Gasteiger partial charge in [-0.15, -0.1) is 11.6 Å². The molecule has 0 N–H and O–H groups in total. The molecule has 0 aliphatic carbocycles. The topological polar surface area (TPSA) is 15.7 Å². The minimum Gasteiger partial charge on any atom is -0.497 e. The zero-order chi connectivity index (χ0) is 13.7. The van der Waals surface area contributed by atoms with E-state index < -0.39 is 0 Å². The average Bonchev–Trinajstić information content (AvgIpc) is 2.48. The second-order valence-electron chi connectivity index (χ2n) is 5.02. The SMILES string of the molecule is COc1ccc(C(C)N2CCN(CCCl)CC2)cc1. The molecule has 4 heteroatoms. The monoisotopic (exact) mass is 282 g/mol. The number of benzene rings is 1. The average molecular weight is 283 g/mol. The number of rotatable bonds is 5. The first kappa shape index (κ1) is 14.6. The number of halogens is 1. The molecule has 0 amide bonds. The Morgan fingerprint density at radius 3 is 2.32 bits per heavy atom. The van der Waals surface area contributed by atoms with Crippen molar-refractivity contribution >= 4 is 11.6 Å². The van der Waals surface area contributed by atoms with Crippen LogP contribution >= 0.6 is 11.6 Å². The van der Waals surface area contributed by atoms with Crippen molar-refractivity contribution in [1.82, 2.24) is 9.80 Å². The molecular weight excluding hydrogens is 260 g/mol. The van der Waals surface area contributed by atoms with E-state index in [-0.39, 0.29) is 0 Å². The number of hydrogen-bond acceptors (Lipinski definition) is 3. The summed E-state index contributed by atoms with van der Waals surface area (Å²) in [6.45, 7) is 7.75. The van der Waals surface area contributed by atoms with Gasteiger partial charge >= 0.3 is 0 Å². The van der Waals surface area contributed by atoms with Gasteiger partial charge in [-0.3, -0.25) is 9.80 Å². The van der Waals surface area contributed by atoms with Gasteiger partial charge in [-0.25, -0.2) is 0 Å². The number of hydrogen-bond donors (Lipinski definition) is 0. The summed E-state index contributed by atoms with van der Waals surface area (Å²) in [6, 6.07) is 8.86. The second-order valence-corrected chi connectivity index (χ2v) is 5.39. The van der Waals surface area contributed by atoms with Crippen molar-refractivity contribution in [3.05, 3.63) is 29.8 Å². The summed E-state index contributed by atoms with van der Waals surface area (Å²) < 4.78 is 5.20. The van der Waals surface area contributed by atoms with Gasteiger partial charge in [0.15, 0.2) is 0 Å². The summed E-state index contributed by atoms with van der Waals surface area (Å²) in [5.74, 6) is 1.65. The van der Waals surface area contributed by atoms with Gasteiger partial charge in [0.05, 0.1) is 7.11 Å². The summed E-state index contributed by atoms with van der Waals surface area (Å²) in [4.78, 5) is 4.97. The predicted molar refractivity (Wildman–Crippen MR) is 80.1 cm³/mol. The third-order valence-corrected chi connectivity index (χ3v) is 4.12. The molecule has 1 unspecified atom stereocenters. The Balaban J connectivity index is 1.91. The van der Waals surface area contributed by atoms with Crippen LogP contribution in [0.5, 0.6) is 5.75 Å². The standard InChI is InChI=1S/C15H23ClN2O/c1-13(14-3-5-15(19-2)6-4-14)18-11-9-17(8-7-16)10-12-18/h3-6,13H,7-12H2,1-2H3. The Hall–Kier alpha value is -0.770. The number of piperazine rings is 1. The van der Waals surface area contributed by atoms with Gasteiger partial charge in [0.2, 0.25) is 0 Å². The van der Waals surface area contributed by atoms with Gasteiger partial charge in [0.1, 0.15) is 5.75 Å². The molecule has 0 aromatic heterocycles. The molecule has 1 aromatic carbocycles. The highest BCUT2D eigenvalue weighted by atomic mass is 35.5. The summed E-state index contributed by atoms with van der Waals surface area (Å²) in [5, 5.41) is 0. The van der Waals surface area contributed by atoms with Crippen LogP contribution in [0.4, 0.5) is 0 Å². The molecule has 2 rings (SSSR count). The molecule has 1 aliphatic rings. The van der Waals surface area contributed by atoms with Crippen molar-refractivity contribution in [1.29, 1.82) is 0 Å². The maximum absolute atomic E-state index is 5.79. The number of ether oxygens (including phenoxy) is 1. The lowest BCUT2D eigenvalue weighted by Gasteiger charge is -2.38. The smallest absolute Gasteiger partial charge is 0.118 e. The predicted octanol–water partition coefficient (Wildman–Crippen LogP) is 2.61. The first-order valence-corrected chi connectivity index (χ1v) is 7.44. The van der Waals surface area contributed by atoms with Crippen LogP contribution in [-0.2, 0) is 0 Å². The fraction of sp³-hybridized carbons (Fsp3) is 0.600. The first-order valence-electron chi connectivity index (χ1n) is 6.91. The number of alkyl halides is 1. The van der Waals surface area contributed by atoms with Gasteiger partial charge in [-0.05, 0) is 24.6 Å². The van der Waals surface area contributed by atoms with Crippen LogP contribution < -0.4 is 4.74 Å². The van der Waals surface area contributed by atoms with Crippen LogP contribution in [0.15, 0.2) is 24.3 Å². The molecule has 1 atom stereocenters. The molecule has 0 saturated carbocycles. The Morgan fingerprint density at radius 1 is 1.16 bits per heavy atom. The maximum Gasteiger partial charge on any atom is 0.118 e. The Morgan fingerprint density at radius 2 is 1.79 bits per heavy atom. The highest BCUT2D eigenvalue weighted by Crippen LogP contribution is 2.23. The van der Waals surface area contributed by atoms with E-state index >= 15 is 0 Å². The number of methoxy groups -OCH3 is 1. The van der Waals surface area contributed by atoms with Crippen molar-refractivity contribution in [2.45, 2.75) is 13.0 Å². The molecule has 19 heavy (non-hydrogen) atoms. The molecule has 1 aliphatic heterocycles. The molecule has 1 aromatic rings. The summed E-state index contributed by atoms with van der Waals surface area (Å²) in [5.41, 5.74) is 1.35. The molecule has 1 saturated heterocycles. The van der Waals surface area contributed by atoms with Crippen molar-refractivity contribution in [3.8, 4) is 5.75 Å². The molecule has 1 fully saturated rings. The highest BCUT2D eigenvalue weighted by Gasteiger charge is 2.21. The molecule has 1 heterocycles. The van der Waals surface area contributed by atoms with E-state index in [9.17, 15) is 0 Å². The van der Waals surface area contributed by atoms with Crippen molar-refractivity contribution in [3.63, 3.8) is 0 Å². The van der Waals surface area contributed by atoms with E-state index in [1.807, 2.05) is 12.1 Å². The summed E-state index contributed by atoms with van der Waals surface area (Å²) >= 11 is 5.79. The molecule has 0 spiro atoms. The zero-order valence-electron chi connectivity index (χ0n) is 11.8. The zero-order valence-corrected chi connectivity index (χ0v) is 12.6.